The predicted octanol–water partition coefficient (Wildman–Crippen LogP) is -0.0426. The SMILES string of the molecule is C1COOCO1.C1COOCO1.S. The third-order valence-corrected chi connectivity index (χ3v) is 1.05. The van der Waals surface area contributed by atoms with Crippen LogP contribution in [0.15, 0.2) is 0 Å². The van der Waals surface area contributed by atoms with E-state index in [2.05, 4.69) is 19.6 Å². The smallest absolute Gasteiger partial charge is 0.180 e. The van der Waals surface area contributed by atoms with Crippen molar-refractivity contribution in [3.05, 3.63) is 0 Å². The summed E-state index contributed by atoms with van der Waals surface area (Å²) in [4.78, 5) is 17.6. The van der Waals surface area contributed by atoms with Gasteiger partial charge >= 0.3 is 0 Å². The van der Waals surface area contributed by atoms with E-state index >= 15 is 0 Å². The molecule has 0 atom stereocenters. The molecule has 0 aromatic rings. The lowest BCUT2D eigenvalue weighted by Crippen LogP contribution is -2.14. The van der Waals surface area contributed by atoms with Crippen LogP contribution in [-0.4, -0.2) is 40.0 Å². The molecular weight excluding hydrogens is 200 g/mol. The Morgan fingerprint density at radius 2 is 1.00 bits per heavy atom. The quantitative estimate of drug-likeness (QED) is 0.527. The van der Waals surface area contributed by atoms with Crippen LogP contribution in [0.2, 0.25) is 0 Å². The molecule has 2 aliphatic heterocycles. The van der Waals surface area contributed by atoms with Gasteiger partial charge in [0, 0.05) is 0 Å². The first-order valence-corrected chi connectivity index (χ1v) is 3.64. The zero-order valence-corrected chi connectivity index (χ0v) is 8.19. The zero-order chi connectivity index (χ0) is 8.49. The molecule has 2 aliphatic rings. The van der Waals surface area contributed by atoms with E-state index < -0.39 is 0 Å². The largest absolute Gasteiger partial charge is 0.350 e. The standard InChI is InChI=1S/2C3H6O3.H2S/c2*1-2-5-6-3-4-1;/h2*1-3H2;1H2. The summed E-state index contributed by atoms with van der Waals surface area (Å²) in [6, 6.07) is 0. The van der Waals surface area contributed by atoms with E-state index in [4.69, 9.17) is 9.47 Å². The van der Waals surface area contributed by atoms with Crippen molar-refractivity contribution in [2.45, 2.75) is 0 Å². The van der Waals surface area contributed by atoms with Crippen molar-refractivity contribution in [1.82, 2.24) is 0 Å². The van der Waals surface area contributed by atoms with Crippen molar-refractivity contribution < 1.29 is 29.0 Å². The van der Waals surface area contributed by atoms with Gasteiger partial charge in [-0.25, -0.2) is 19.6 Å². The molecule has 0 spiro atoms. The predicted molar refractivity (Wildman–Crippen MR) is 46.1 cm³/mol. The summed E-state index contributed by atoms with van der Waals surface area (Å²) < 4.78 is 9.44. The third kappa shape index (κ3) is 8.44. The summed E-state index contributed by atoms with van der Waals surface area (Å²) in [5, 5.41) is 0. The van der Waals surface area contributed by atoms with E-state index in [0.717, 1.165) is 0 Å². The van der Waals surface area contributed by atoms with Crippen LogP contribution in [0.4, 0.5) is 0 Å². The minimum Gasteiger partial charge on any atom is -0.350 e. The molecule has 0 radical (unpaired) electrons. The van der Waals surface area contributed by atoms with Gasteiger partial charge in [0.15, 0.2) is 13.6 Å². The van der Waals surface area contributed by atoms with Crippen LogP contribution >= 0.6 is 13.5 Å². The fourth-order valence-corrected chi connectivity index (χ4v) is 0.558. The second-order valence-corrected chi connectivity index (χ2v) is 1.93. The Kier molecular flexibility index (Phi) is 10.3. The third-order valence-electron chi connectivity index (χ3n) is 1.05. The molecule has 0 amide bonds. The van der Waals surface area contributed by atoms with Crippen LogP contribution in [0, 0.1) is 0 Å². The summed E-state index contributed by atoms with van der Waals surface area (Å²) in [6.45, 7) is 2.97. The Labute approximate surface area is 83.3 Å². The van der Waals surface area contributed by atoms with Gasteiger partial charge in [-0.15, -0.1) is 0 Å². The van der Waals surface area contributed by atoms with Crippen LogP contribution in [0.3, 0.4) is 0 Å². The number of hydrogen-bond donors (Lipinski definition) is 0. The molecular formula is C6H14O6S. The van der Waals surface area contributed by atoms with E-state index in [1.165, 1.54) is 0 Å². The van der Waals surface area contributed by atoms with Gasteiger partial charge in [-0.05, 0) is 0 Å². The first-order chi connectivity index (χ1) is 6.00. The van der Waals surface area contributed by atoms with Crippen LogP contribution in [0.5, 0.6) is 0 Å². The molecule has 2 fully saturated rings. The molecule has 2 saturated heterocycles. The van der Waals surface area contributed by atoms with Gasteiger partial charge in [-0.1, -0.05) is 0 Å². The molecule has 0 aliphatic carbocycles. The highest BCUT2D eigenvalue weighted by molar-refractivity contribution is 7.59. The molecule has 0 unspecified atom stereocenters. The molecule has 13 heavy (non-hydrogen) atoms. The summed E-state index contributed by atoms with van der Waals surface area (Å²) in [5.41, 5.74) is 0. The summed E-state index contributed by atoms with van der Waals surface area (Å²) in [5.74, 6) is 0. The van der Waals surface area contributed by atoms with E-state index in [1.807, 2.05) is 0 Å². The van der Waals surface area contributed by atoms with Crippen molar-refractivity contribution in [3.8, 4) is 0 Å². The zero-order valence-electron chi connectivity index (χ0n) is 7.19. The van der Waals surface area contributed by atoms with E-state index in [9.17, 15) is 0 Å². The molecule has 0 aromatic heterocycles. The number of ether oxygens (including phenoxy) is 2. The molecule has 7 heteroatoms. The van der Waals surface area contributed by atoms with Gasteiger partial charge in [0.1, 0.15) is 13.2 Å². The highest BCUT2D eigenvalue weighted by Crippen LogP contribution is 1.88. The molecule has 2 rings (SSSR count). The second kappa shape index (κ2) is 10.2. The van der Waals surface area contributed by atoms with Gasteiger partial charge in [0.25, 0.3) is 0 Å². The van der Waals surface area contributed by atoms with Crippen molar-refractivity contribution >= 4 is 13.5 Å². The Morgan fingerprint density at radius 1 is 0.538 bits per heavy atom. The minimum absolute atomic E-state index is 0. The average molecular weight is 214 g/mol. The average Bonchev–Trinajstić information content (AvgIpc) is 2.24. The van der Waals surface area contributed by atoms with Gasteiger partial charge in [0.05, 0.1) is 13.2 Å². The lowest BCUT2D eigenvalue weighted by Gasteiger charge is -2.08. The second-order valence-electron chi connectivity index (χ2n) is 1.93. The van der Waals surface area contributed by atoms with Crippen molar-refractivity contribution in [2.24, 2.45) is 0 Å². The van der Waals surface area contributed by atoms with E-state index in [-0.39, 0.29) is 27.1 Å². The fourth-order valence-electron chi connectivity index (χ4n) is 0.558. The van der Waals surface area contributed by atoms with Gasteiger partial charge < -0.3 is 9.47 Å². The maximum atomic E-state index is 4.72. The van der Waals surface area contributed by atoms with E-state index in [0.29, 0.717) is 26.4 Å². The number of hydrogen-bond acceptors (Lipinski definition) is 6. The van der Waals surface area contributed by atoms with Crippen molar-refractivity contribution in [3.63, 3.8) is 0 Å². The first kappa shape index (κ1) is 13.1. The van der Waals surface area contributed by atoms with Crippen molar-refractivity contribution in [1.29, 1.82) is 0 Å². The molecule has 6 nitrogen and oxygen atoms in total. The lowest BCUT2D eigenvalue weighted by atomic mass is 10.8. The summed E-state index contributed by atoms with van der Waals surface area (Å²) in [7, 11) is 0. The highest BCUT2D eigenvalue weighted by Gasteiger charge is 1.95. The summed E-state index contributed by atoms with van der Waals surface area (Å²) >= 11 is 0. The maximum Gasteiger partial charge on any atom is 0.180 e. The number of rotatable bonds is 0. The Bertz CT molecular complexity index is 60.1. The Morgan fingerprint density at radius 3 is 1.08 bits per heavy atom. The maximum absolute atomic E-state index is 4.72. The molecule has 80 valence electrons. The topological polar surface area (TPSA) is 55.4 Å². The highest BCUT2D eigenvalue weighted by atomic mass is 32.1. The normalized spacial score (nSPS) is 22.2. The minimum atomic E-state index is 0. The molecule has 0 N–H and O–H groups in total. The molecule has 0 saturated carbocycles. The van der Waals surface area contributed by atoms with Crippen LogP contribution in [0.25, 0.3) is 0 Å². The molecule has 2 heterocycles. The Balaban J connectivity index is 0.000000206. The van der Waals surface area contributed by atoms with Crippen LogP contribution < -0.4 is 0 Å². The fraction of sp³-hybridized carbons (Fsp3) is 1.00. The van der Waals surface area contributed by atoms with Gasteiger partial charge in [-0.3, -0.25) is 0 Å². The lowest BCUT2D eigenvalue weighted by molar-refractivity contribution is -0.373. The van der Waals surface area contributed by atoms with Gasteiger partial charge in [-0.2, -0.15) is 13.5 Å². The molecule has 0 aromatic carbocycles. The Hall–Kier alpha value is 0.110. The summed E-state index contributed by atoms with van der Waals surface area (Å²) in [6.07, 6.45) is 0. The first-order valence-electron chi connectivity index (χ1n) is 3.64. The van der Waals surface area contributed by atoms with Crippen molar-refractivity contribution in [2.75, 3.05) is 40.0 Å². The van der Waals surface area contributed by atoms with E-state index in [1.54, 1.807) is 0 Å². The molecule has 0 bridgehead atoms. The van der Waals surface area contributed by atoms with Crippen LogP contribution in [0.1, 0.15) is 0 Å². The van der Waals surface area contributed by atoms with Crippen LogP contribution in [-0.2, 0) is 29.0 Å². The monoisotopic (exact) mass is 214 g/mol. The van der Waals surface area contributed by atoms with Gasteiger partial charge in [0.2, 0.25) is 0 Å².